The van der Waals surface area contributed by atoms with Crippen LogP contribution in [0.15, 0.2) is 4.99 Å². The molecule has 1 atom stereocenters. The van der Waals surface area contributed by atoms with Gasteiger partial charge in [-0.2, -0.15) is 0 Å². The van der Waals surface area contributed by atoms with E-state index in [4.69, 9.17) is 9.73 Å². The van der Waals surface area contributed by atoms with Gasteiger partial charge < -0.3 is 19.9 Å². The zero-order chi connectivity index (χ0) is 15.4. The van der Waals surface area contributed by atoms with Crippen molar-refractivity contribution in [3.8, 4) is 0 Å². The second kappa shape index (κ2) is 7.18. The van der Waals surface area contributed by atoms with Crippen LogP contribution in [0.5, 0.6) is 0 Å². The fraction of sp³-hybridized carbons (Fsp3) is 0.941. The van der Waals surface area contributed by atoms with Crippen molar-refractivity contribution in [1.29, 1.82) is 0 Å². The van der Waals surface area contributed by atoms with Crippen molar-refractivity contribution >= 4 is 5.96 Å². The van der Waals surface area contributed by atoms with Crippen LogP contribution >= 0.6 is 0 Å². The zero-order valence-corrected chi connectivity index (χ0v) is 14.3. The first kappa shape index (κ1) is 16.1. The molecule has 0 aromatic carbocycles. The van der Waals surface area contributed by atoms with Crippen molar-refractivity contribution in [2.45, 2.75) is 32.6 Å². The minimum atomic E-state index is 0.406. The van der Waals surface area contributed by atoms with E-state index in [1.54, 1.807) is 0 Å². The molecule has 1 spiro atoms. The van der Waals surface area contributed by atoms with E-state index in [-0.39, 0.29) is 0 Å². The van der Waals surface area contributed by atoms with Crippen LogP contribution in [0.4, 0.5) is 0 Å². The van der Waals surface area contributed by atoms with Gasteiger partial charge in [-0.1, -0.05) is 0 Å². The standard InChI is InChI=1S/C17H32N4O/c1-3-18-16(19-12-15-4-8-20(2)9-5-15)21-10-6-17(13-21)7-11-22-14-17/h15H,3-14H2,1-2H3,(H,18,19). The predicted octanol–water partition coefficient (Wildman–Crippen LogP) is 1.41. The van der Waals surface area contributed by atoms with Crippen LogP contribution in [-0.4, -0.2) is 75.3 Å². The number of rotatable bonds is 3. The SMILES string of the molecule is CCNC(=NCC1CCN(C)CC1)N1CCC2(CCOC2)C1. The number of guanidine groups is 1. The van der Waals surface area contributed by atoms with E-state index >= 15 is 0 Å². The molecule has 1 unspecified atom stereocenters. The summed E-state index contributed by atoms with van der Waals surface area (Å²) >= 11 is 0. The highest BCUT2D eigenvalue weighted by Gasteiger charge is 2.42. The van der Waals surface area contributed by atoms with Gasteiger partial charge in [0.15, 0.2) is 5.96 Å². The van der Waals surface area contributed by atoms with Gasteiger partial charge >= 0.3 is 0 Å². The number of aliphatic imine (C=N–C) groups is 1. The molecule has 3 aliphatic rings. The van der Waals surface area contributed by atoms with Crippen LogP contribution in [0.2, 0.25) is 0 Å². The van der Waals surface area contributed by atoms with Crippen molar-refractivity contribution in [1.82, 2.24) is 15.1 Å². The van der Waals surface area contributed by atoms with Crippen molar-refractivity contribution < 1.29 is 4.74 Å². The second-order valence-corrected chi connectivity index (χ2v) is 7.42. The lowest BCUT2D eigenvalue weighted by Crippen LogP contribution is -2.42. The van der Waals surface area contributed by atoms with Crippen molar-refractivity contribution in [3.63, 3.8) is 0 Å². The number of ether oxygens (including phenoxy) is 1. The summed E-state index contributed by atoms with van der Waals surface area (Å²) in [6.45, 7) is 10.7. The highest BCUT2D eigenvalue weighted by molar-refractivity contribution is 5.80. The first-order valence-corrected chi connectivity index (χ1v) is 9.00. The first-order valence-electron chi connectivity index (χ1n) is 9.00. The van der Waals surface area contributed by atoms with Gasteiger partial charge in [-0.25, -0.2) is 0 Å². The van der Waals surface area contributed by atoms with Gasteiger partial charge in [0.05, 0.1) is 6.61 Å². The maximum atomic E-state index is 5.64. The molecule has 5 heteroatoms. The molecular weight excluding hydrogens is 276 g/mol. The molecular formula is C17H32N4O. The average Bonchev–Trinajstić information content (AvgIpc) is 3.16. The van der Waals surface area contributed by atoms with E-state index in [1.165, 1.54) is 38.8 Å². The number of likely N-dealkylation sites (tertiary alicyclic amines) is 2. The molecule has 0 radical (unpaired) electrons. The Morgan fingerprint density at radius 3 is 2.77 bits per heavy atom. The predicted molar refractivity (Wildman–Crippen MR) is 90.3 cm³/mol. The number of hydrogen-bond donors (Lipinski definition) is 1. The largest absolute Gasteiger partial charge is 0.381 e. The number of hydrogen-bond acceptors (Lipinski definition) is 3. The number of nitrogens with zero attached hydrogens (tertiary/aromatic N) is 3. The molecule has 0 aromatic heterocycles. The summed E-state index contributed by atoms with van der Waals surface area (Å²) in [6, 6.07) is 0. The van der Waals surface area contributed by atoms with E-state index in [1.807, 2.05) is 0 Å². The van der Waals surface area contributed by atoms with Gasteiger partial charge in [-0.15, -0.1) is 0 Å². The fourth-order valence-electron chi connectivity index (χ4n) is 3.97. The summed E-state index contributed by atoms with van der Waals surface area (Å²) in [5, 5.41) is 3.50. The van der Waals surface area contributed by atoms with Crippen LogP contribution in [0.3, 0.4) is 0 Å². The fourth-order valence-corrected chi connectivity index (χ4v) is 3.97. The topological polar surface area (TPSA) is 40.1 Å². The summed E-state index contributed by atoms with van der Waals surface area (Å²) in [4.78, 5) is 9.86. The highest BCUT2D eigenvalue weighted by Crippen LogP contribution is 2.38. The third-order valence-corrected chi connectivity index (χ3v) is 5.60. The maximum absolute atomic E-state index is 5.64. The molecule has 3 saturated heterocycles. The Hall–Kier alpha value is -0.810. The molecule has 3 fully saturated rings. The lowest BCUT2D eigenvalue weighted by atomic mass is 9.87. The monoisotopic (exact) mass is 308 g/mol. The summed E-state index contributed by atoms with van der Waals surface area (Å²) in [7, 11) is 2.22. The van der Waals surface area contributed by atoms with Gasteiger partial charge in [0.25, 0.3) is 0 Å². The van der Waals surface area contributed by atoms with E-state index in [2.05, 4.69) is 29.1 Å². The van der Waals surface area contributed by atoms with Gasteiger partial charge in [0.2, 0.25) is 0 Å². The molecule has 3 heterocycles. The molecule has 1 N–H and O–H groups in total. The Morgan fingerprint density at radius 1 is 1.27 bits per heavy atom. The minimum absolute atomic E-state index is 0.406. The van der Waals surface area contributed by atoms with Crippen molar-refractivity contribution in [2.75, 3.05) is 59.5 Å². The van der Waals surface area contributed by atoms with Gasteiger partial charge in [0.1, 0.15) is 0 Å². The lowest BCUT2D eigenvalue weighted by molar-refractivity contribution is 0.156. The third-order valence-electron chi connectivity index (χ3n) is 5.60. The first-order chi connectivity index (χ1) is 10.7. The summed E-state index contributed by atoms with van der Waals surface area (Å²) in [5.41, 5.74) is 0.406. The van der Waals surface area contributed by atoms with Crippen LogP contribution in [0, 0.1) is 11.3 Å². The van der Waals surface area contributed by atoms with E-state index < -0.39 is 0 Å². The number of nitrogens with one attached hydrogen (secondary N) is 1. The molecule has 0 bridgehead atoms. The summed E-state index contributed by atoms with van der Waals surface area (Å²) in [5.74, 6) is 1.89. The average molecular weight is 308 g/mol. The summed E-state index contributed by atoms with van der Waals surface area (Å²) < 4.78 is 5.64. The molecule has 0 saturated carbocycles. The Kier molecular flexibility index (Phi) is 5.24. The molecule has 5 nitrogen and oxygen atoms in total. The molecule has 0 aromatic rings. The summed E-state index contributed by atoms with van der Waals surface area (Å²) in [6.07, 6.45) is 5.05. The molecule has 3 rings (SSSR count). The lowest BCUT2D eigenvalue weighted by Gasteiger charge is -2.29. The Balaban J connectivity index is 1.56. The van der Waals surface area contributed by atoms with Crippen LogP contribution < -0.4 is 5.32 Å². The minimum Gasteiger partial charge on any atom is -0.381 e. The molecule has 0 amide bonds. The molecule has 22 heavy (non-hydrogen) atoms. The molecule has 126 valence electrons. The quantitative estimate of drug-likeness (QED) is 0.632. The van der Waals surface area contributed by atoms with E-state index in [0.29, 0.717) is 5.41 Å². The molecule has 0 aliphatic carbocycles. The highest BCUT2D eigenvalue weighted by atomic mass is 16.5. The second-order valence-electron chi connectivity index (χ2n) is 7.42. The van der Waals surface area contributed by atoms with Crippen molar-refractivity contribution in [3.05, 3.63) is 0 Å². The van der Waals surface area contributed by atoms with Crippen LogP contribution in [0.25, 0.3) is 0 Å². The smallest absolute Gasteiger partial charge is 0.193 e. The van der Waals surface area contributed by atoms with Crippen molar-refractivity contribution in [2.24, 2.45) is 16.3 Å². The Morgan fingerprint density at radius 2 is 2.09 bits per heavy atom. The zero-order valence-electron chi connectivity index (χ0n) is 14.3. The normalized spacial score (nSPS) is 31.4. The van der Waals surface area contributed by atoms with Gasteiger partial charge in [-0.3, -0.25) is 4.99 Å². The van der Waals surface area contributed by atoms with Crippen LogP contribution in [-0.2, 0) is 4.74 Å². The van der Waals surface area contributed by atoms with E-state index in [9.17, 15) is 0 Å². The Labute approximate surface area is 135 Å². The van der Waals surface area contributed by atoms with Gasteiger partial charge in [-0.05, 0) is 58.7 Å². The molecule has 3 aliphatic heterocycles. The number of piperidine rings is 1. The van der Waals surface area contributed by atoms with Gasteiger partial charge in [0, 0.05) is 38.2 Å². The maximum Gasteiger partial charge on any atom is 0.193 e. The Bertz CT molecular complexity index is 384. The van der Waals surface area contributed by atoms with E-state index in [0.717, 1.165) is 51.3 Å². The van der Waals surface area contributed by atoms with Crippen LogP contribution in [0.1, 0.15) is 32.6 Å². The third kappa shape index (κ3) is 3.74.